The Balaban J connectivity index is 0.00000171. The summed E-state index contributed by atoms with van der Waals surface area (Å²) in [6, 6.07) is 23.8. The summed E-state index contributed by atoms with van der Waals surface area (Å²) in [7, 11) is 0. The predicted molar refractivity (Wildman–Crippen MR) is 128 cm³/mol. The maximum absolute atomic E-state index is 13.5. The fourth-order valence-electron chi connectivity index (χ4n) is 4.16. The number of nitrogens with zero attached hydrogens (tertiary/aromatic N) is 1. The van der Waals surface area contributed by atoms with Gasteiger partial charge < -0.3 is 5.32 Å². The Morgan fingerprint density at radius 3 is 1.90 bits per heavy atom. The third kappa shape index (κ3) is 6.93. The van der Waals surface area contributed by atoms with Crippen LogP contribution in [-0.2, 0) is 6.54 Å². The molecule has 1 atom stereocenters. The van der Waals surface area contributed by atoms with Crippen molar-refractivity contribution in [2.24, 2.45) is 5.92 Å². The highest BCUT2D eigenvalue weighted by Crippen LogP contribution is 2.34. The summed E-state index contributed by atoms with van der Waals surface area (Å²) >= 11 is 0. The Morgan fingerprint density at radius 2 is 1.32 bits per heavy atom. The minimum atomic E-state index is -0.247. The normalized spacial score (nSPS) is 15.4. The van der Waals surface area contributed by atoms with Crippen molar-refractivity contribution in [3.63, 3.8) is 0 Å². The molecule has 1 aliphatic rings. The summed E-state index contributed by atoms with van der Waals surface area (Å²) in [4.78, 5) is 2.49. The lowest BCUT2D eigenvalue weighted by Crippen LogP contribution is -2.36. The standard InChI is InChI=1S/C25H26F2N2.2ClH/c26-22-8-6-20(7-9-22)25(28-24-12-10-23(27)11-13-24)21-14-16-29(17-15-21)18-19-4-2-1-3-5-19;;/h1-13,21,25,28H,14-18H2;2*1H. The molecule has 0 spiro atoms. The van der Waals surface area contributed by atoms with E-state index in [2.05, 4.69) is 34.5 Å². The molecule has 1 saturated heterocycles. The van der Waals surface area contributed by atoms with Crippen LogP contribution in [0.5, 0.6) is 0 Å². The largest absolute Gasteiger partial charge is 0.378 e. The van der Waals surface area contributed by atoms with Crippen LogP contribution in [0.4, 0.5) is 14.5 Å². The molecule has 0 aromatic heterocycles. The first kappa shape index (κ1) is 25.1. The quantitative estimate of drug-likeness (QED) is 0.427. The Bertz CT molecular complexity index is 897. The van der Waals surface area contributed by atoms with Gasteiger partial charge in [0.05, 0.1) is 6.04 Å². The molecule has 166 valence electrons. The van der Waals surface area contributed by atoms with Crippen LogP contribution < -0.4 is 5.32 Å². The average molecular weight is 465 g/mol. The minimum absolute atomic E-state index is 0. The van der Waals surface area contributed by atoms with Gasteiger partial charge in [0.15, 0.2) is 0 Å². The summed E-state index contributed by atoms with van der Waals surface area (Å²) in [6.45, 7) is 3.03. The second kappa shape index (κ2) is 12.0. The van der Waals surface area contributed by atoms with Gasteiger partial charge in [0, 0.05) is 12.2 Å². The van der Waals surface area contributed by atoms with Gasteiger partial charge in [0.25, 0.3) is 0 Å². The Morgan fingerprint density at radius 1 is 0.774 bits per heavy atom. The van der Waals surface area contributed by atoms with Crippen LogP contribution >= 0.6 is 24.8 Å². The monoisotopic (exact) mass is 464 g/mol. The molecule has 0 bridgehead atoms. The molecule has 1 aliphatic heterocycles. The second-order valence-electron chi connectivity index (χ2n) is 7.78. The fraction of sp³-hybridized carbons (Fsp3) is 0.280. The molecule has 0 amide bonds. The molecule has 1 heterocycles. The van der Waals surface area contributed by atoms with Crippen LogP contribution in [0.3, 0.4) is 0 Å². The predicted octanol–water partition coefficient (Wildman–Crippen LogP) is 6.87. The average Bonchev–Trinajstić information content (AvgIpc) is 2.76. The van der Waals surface area contributed by atoms with Crippen LogP contribution in [-0.4, -0.2) is 18.0 Å². The van der Waals surface area contributed by atoms with Gasteiger partial charge in [0.2, 0.25) is 0 Å². The third-order valence-electron chi connectivity index (χ3n) is 5.75. The number of piperidine rings is 1. The van der Waals surface area contributed by atoms with Crippen molar-refractivity contribution in [1.82, 2.24) is 4.90 Å². The van der Waals surface area contributed by atoms with Crippen LogP contribution in [0.1, 0.15) is 30.0 Å². The van der Waals surface area contributed by atoms with Gasteiger partial charge in [-0.15, -0.1) is 24.8 Å². The van der Waals surface area contributed by atoms with Crippen molar-refractivity contribution in [1.29, 1.82) is 0 Å². The first-order valence-electron chi connectivity index (χ1n) is 10.2. The van der Waals surface area contributed by atoms with Gasteiger partial charge in [-0.2, -0.15) is 0 Å². The lowest BCUT2D eigenvalue weighted by atomic mass is 9.85. The molecular weight excluding hydrogens is 437 g/mol. The summed E-state index contributed by atoms with van der Waals surface area (Å²) < 4.78 is 26.7. The maximum atomic E-state index is 13.5. The zero-order valence-corrected chi connectivity index (χ0v) is 18.8. The van der Waals surface area contributed by atoms with Crippen molar-refractivity contribution >= 4 is 30.5 Å². The summed E-state index contributed by atoms with van der Waals surface area (Å²) in [6.07, 6.45) is 2.12. The summed E-state index contributed by atoms with van der Waals surface area (Å²) in [5.41, 5.74) is 3.29. The highest BCUT2D eigenvalue weighted by molar-refractivity contribution is 5.85. The Hall–Kier alpha value is -2.14. The van der Waals surface area contributed by atoms with Gasteiger partial charge in [-0.1, -0.05) is 42.5 Å². The SMILES string of the molecule is Cl.Cl.Fc1ccc(NC(c2ccc(F)cc2)C2CCN(Cc3ccccc3)CC2)cc1. The van der Waals surface area contributed by atoms with E-state index in [4.69, 9.17) is 0 Å². The molecular formula is C25H28Cl2F2N2. The maximum Gasteiger partial charge on any atom is 0.123 e. The van der Waals surface area contributed by atoms with E-state index in [-0.39, 0.29) is 42.5 Å². The van der Waals surface area contributed by atoms with Crippen molar-refractivity contribution in [2.75, 3.05) is 18.4 Å². The third-order valence-corrected chi connectivity index (χ3v) is 5.75. The number of rotatable bonds is 6. The number of halogens is 4. The van der Waals surface area contributed by atoms with E-state index in [9.17, 15) is 8.78 Å². The van der Waals surface area contributed by atoms with Crippen LogP contribution in [0.25, 0.3) is 0 Å². The van der Waals surface area contributed by atoms with Crippen LogP contribution in [0, 0.1) is 17.6 Å². The Kier molecular flexibility index (Phi) is 9.76. The minimum Gasteiger partial charge on any atom is -0.378 e. The zero-order chi connectivity index (χ0) is 20.1. The number of benzene rings is 3. The molecule has 4 rings (SSSR count). The highest BCUT2D eigenvalue weighted by Gasteiger charge is 2.28. The van der Waals surface area contributed by atoms with E-state index in [0.717, 1.165) is 43.7 Å². The number of anilines is 1. The fourth-order valence-corrected chi connectivity index (χ4v) is 4.16. The van der Waals surface area contributed by atoms with Crippen LogP contribution in [0.2, 0.25) is 0 Å². The lowest BCUT2D eigenvalue weighted by molar-refractivity contribution is 0.166. The molecule has 3 aromatic rings. The molecule has 1 unspecified atom stereocenters. The number of hydrogen-bond acceptors (Lipinski definition) is 2. The summed E-state index contributed by atoms with van der Waals surface area (Å²) in [5, 5.41) is 3.57. The van der Waals surface area contributed by atoms with Crippen molar-refractivity contribution in [3.05, 3.63) is 102 Å². The lowest BCUT2D eigenvalue weighted by Gasteiger charge is -2.37. The van der Waals surface area contributed by atoms with E-state index < -0.39 is 0 Å². The molecule has 3 aromatic carbocycles. The van der Waals surface area contributed by atoms with E-state index in [1.807, 2.05) is 18.2 Å². The smallest absolute Gasteiger partial charge is 0.123 e. The first-order valence-corrected chi connectivity index (χ1v) is 10.2. The molecule has 2 nitrogen and oxygen atoms in total. The van der Waals surface area contributed by atoms with E-state index in [1.165, 1.54) is 29.8 Å². The molecule has 0 saturated carbocycles. The van der Waals surface area contributed by atoms with E-state index in [1.54, 1.807) is 12.1 Å². The van der Waals surface area contributed by atoms with E-state index in [0.29, 0.717) is 5.92 Å². The van der Waals surface area contributed by atoms with Crippen molar-refractivity contribution in [2.45, 2.75) is 25.4 Å². The van der Waals surface area contributed by atoms with Gasteiger partial charge in [-0.05, 0) is 79.4 Å². The number of likely N-dealkylation sites (tertiary alicyclic amines) is 1. The first-order chi connectivity index (χ1) is 14.2. The van der Waals surface area contributed by atoms with E-state index >= 15 is 0 Å². The molecule has 0 radical (unpaired) electrons. The topological polar surface area (TPSA) is 15.3 Å². The van der Waals surface area contributed by atoms with Crippen molar-refractivity contribution in [3.8, 4) is 0 Å². The van der Waals surface area contributed by atoms with Gasteiger partial charge in [-0.25, -0.2) is 8.78 Å². The van der Waals surface area contributed by atoms with Crippen molar-refractivity contribution < 1.29 is 8.78 Å². The van der Waals surface area contributed by atoms with Crippen LogP contribution in [0.15, 0.2) is 78.9 Å². The molecule has 31 heavy (non-hydrogen) atoms. The van der Waals surface area contributed by atoms with Gasteiger partial charge in [-0.3, -0.25) is 4.90 Å². The molecule has 1 N–H and O–H groups in total. The Labute approximate surface area is 195 Å². The van der Waals surface area contributed by atoms with Gasteiger partial charge in [0.1, 0.15) is 11.6 Å². The summed E-state index contributed by atoms with van der Waals surface area (Å²) in [5.74, 6) is -0.0485. The number of hydrogen-bond donors (Lipinski definition) is 1. The number of nitrogens with one attached hydrogen (secondary N) is 1. The molecule has 1 fully saturated rings. The van der Waals surface area contributed by atoms with Gasteiger partial charge >= 0.3 is 0 Å². The zero-order valence-electron chi connectivity index (χ0n) is 17.2. The second-order valence-corrected chi connectivity index (χ2v) is 7.78. The molecule has 0 aliphatic carbocycles. The highest BCUT2D eigenvalue weighted by atomic mass is 35.5. The molecule has 6 heteroatoms.